The second-order valence-corrected chi connectivity index (χ2v) is 4.67. The zero-order chi connectivity index (χ0) is 10.8. The van der Waals surface area contributed by atoms with E-state index in [0.717, 1.165) is 5.82 Å². The Balaban J connectivity index is 2.41. The normalized spacial score (nSPS) is 13.0. The number of nitrogens with one attached hydrogen (secondary N) is 1. The minimum Gasteiger partial charge on any atom is -0.336 e. The van der Waals surface area contributed by atoms with Crippen LogP contribution in [0.4, 0.5) is 0 Å². The summed E-state index contributed by atoms with van der Waals surface area (Å²) in [5, 5.41) is 5.43. The van der Waals surface area contributed by atoms with Crippen molar-refractivity contribution in [3.8, 4) is 0 Å². The summed E-state index contributed by atoms with van der Waals surface area (Å²) in [6, 6.07) is 2.35. The van der Waals surface area contributed by atoms with Gasteiger partial charge in [0.1, 0.15) is 5.82 Å². The maximum absolute atomic E-state index is 4.39. The van der Waals surface area contributed by atoms with Crippen molar-refractivity contribution in [2.45, 2.75) is 13.0 Å². The van der Waals surface area contributed by atoms with Gasteiger partial charge in [-0.25, -0.2) is 4.98 Å². The van der Waals surface area contributed by atoms with Crippen molar-refractivity contribution in [2.24, 2.45) is 7.05 Å². The molecule has 2 aromatic rings. The molecule has 15 heavy (non-hydrogen) atoms. The highest BCUT2D eigenvalue weighted by atomic mass is 32.1. The lowest BCUT2D eigenvalue weighted by Gasteiger charge is -2.15. The average Bonchev–Trinajstić information content (AvgIpc) is 2.80. The Hall–Kier alpha value is -1.13. The Labute approximate surface area is 93.8 Å². The summed E-state index contributed by atoms with van der Waals surface area (Å²) in [6.07, 6.45) is 3.81. The van der Waals surface area contributed by atoms with Crippen molar-refractivity contribution >= 4 is 11.3 Å². The molecule has 0 aliphatic rings. The van der Waals surface area contributed by atoms with Crippen LogP contribution in [-0.2, 0) is 7.05 Å². The summed E-state index contributed by atoms with van der Waals surface area (Å²) >= 11 is 1.77. The van der Waals surface area contributed by atoms with Gasteiger partial charge in [-0.3, -0.25) is 0 Å². The highest BCUT2D eigenvalue weighted by molar-refractivity contribution is 7.10. The minimum absolute atomic E-state index is 0.191. The maximum atomic E-state index is 4.39. The van der Waals surface area contributed by atoms with Crippen molar-refractivity contribution < 1.29 is 0 Å². The highest BCUT2D eigenvalue weighted by Crippen LogP contribution is 2.26. The van der Waals surface area contributed by atoms with E-state index in [-0.39, 0.29) is 6.04 Å². The van der Waals surface area contributed by atoms with Crippen molar-refractivity contribution in [3.05, 3.63) is 40.1 Å². The molecule has 0 radical (unpaired) electrons. The molecule has 0 saturated heterocycles. The van der Waals surface area contributed by atoms with E-state index in [9.17, 15) is 0 Å². The second kappa shape index (κ2) is 4.16. The summed E-state index contributed by atoms with van der Waals surface area (Å²) < 4.78 is 2.05. The van der Waals surface area contributed by atoms with Crippen LogP contribution >= 0.6 is 11.3 Å². The molecule has 2 rings (SSSR count). The van der Waals surface area contributed by atoms with Gasteiger partial charge in [0.15, 0.2) is 0 Å². The molecular weight excluding hydrogens is 206 g/mol. The van der Waals surface area contributed by atoms with Crippen LogP contribution in [0.3, 0.4) is 0 Å². The number of hydrogen-bond acceptors (Lipinski definition) is 3. The molecule has 0 aliphatic heterocycles. The molecule has 2 aromatic heterocycles. The number of imidazole rings is 1. The Morgan fingerprint density at radius 2 is 2.33 bits per heavy atom. The van der Waals surface area contributed by atoms with Gasteiger partial charge in [0.05, 0.1) is 6.04 Å². The third kappa shape index (κ3) is 1.82. The lowest BCUT2D eigenvalue weighted by Crippen LogP contribution is -2.21. The molecule has 0 aromatic carbocycles. The summed E-state index contributed by atoms with van der Waals surface area (Å²) in [4.78, 5) is 5.73. The van der Waals surface area contributed by atoms with E-state index in [0.29, 0.717) is 0 Å². The zero-order valence-corrected chi connectivity index (χ0v) is 10.0. The molecule has 1 unspecified atom stereocenters. The molecule has 0 fully saturated rings. The van der Waals surface area contributed by atoms with E-state index in [1.165, 1.54) is 10.4 Å². The van der Waals surface area contributed by atoms with Crippen LogP contribution in [0.1, 0.15) is 22.3 Å². The third-order valence-electron chi connectivity index (χ3n) is 2.62. The topological polar surface area (TPSA) is 29.9 Å². The van der Waals surface area contributed by atoms with Crippen LogP contribution in [0.2, 0.25) is 0 Å². The van der Waals surface area contributed by atoms with Gasteiger partial charge in [0.25, 0.3) is 0 Å². The molecular formula is C11H15N3S. The Bertz CT molecular complexity index is 404. The Kier molecular flexibility index (Phi) is 2.88. The van der Waals surface area contributed by atoms with Crippen LogP contribution < -0.4 is 5.32 Å². The van der Waals surface area contributed by atoms with Crippen molar-refractivity contribution in [1.82, 2.24) is 14.9 Å². The van der Waals surface area contributed by atoms with Gasteiger partial charge in [-0.1, -0.05) is 0 Å². The van der Waals surface area contributed by atoms with Gasteiger partial charge < -0.3 is 9.88 Å². The molecule has 0 saturated carbocycles. The number of nitrogens with zero attached hydrogens (tertiary/aromatic N) is 2. The van der Waals surface area contributed by atoms with E-state index in [1.807, 2.05) is 26.5 Å². The first kappa shape index (κ1) is 10.4. The molecule has 1 N–H and O–H groups in total. The third-order valence-corrected chi connectivity index (χ3v) is 3.48. The highest BCUT2D eigenvalue weighted by Gasteiger charge is 2.18. The first-order valence-electron chi connectivity index (χ1n) is 4.92. The molecule has 1 atom stereocenters. The van der Waals surface area contributed by atoms with Gasteiger partial charge in [0, 0.05) is 24.3 Å². The second-order valence-electron chi connectivity index (χ2n) is 3.55. The van der Waals surface area contributed by atoms with Crippen LogP contribution in [-0.4, -0.2) is 16.6 Å². The number of hydrogen-bond donors (Lipinski definition) is 1. The quantitative estimate of drug-likeness (QED) is 0.860. The number of aryl methyl sites for hydroxylation is 2. The minimum atomic E-state index is 0.191. The van der Waals surface area contributed by atoms with Gasteiger partial charge in [-0.05, 0) is 31.0 Å². The van der Waals surface area contributed by atoms with E-state index in [1.54, 1.807) is 11.3 Å². The average molecular weight is 221 g/mol. The first-order chi connectivity index (χ1) is 7.24. The fraction of sp³-hybridized carbons (Fsp3) is 0.364. The van der Waals surface area contributed by atoms with Crippen LogP contribution in [0.25, 0.3) is 0 Å². The molecule has 0 amide bonds. The predicted molar refractivity (Wildman–Crippen MR) is 63.2 cm³/mol. The monoisotopic (exact) mass is 221 g/mol. The number of rotatable bonds is 3. The molecule has 0 bridgehead atoms. The van der Waals surface area contributed by atoms with Crippen LogP contribution in [0.15, 0.2) is 23.8 Å². The van der Waals surface area contributed by atoms with Gasteiger partial charge in [-0.15, -0.1) is 11.3 Å². The van der Waals surface area contributed by atoms with Crippen LogP contribution in [0.5, 0.6) is 0 Å². The molecule has 4 heteroatoms. The van der Waals surface area contributed by atoms with Gasteiger partial charge in [0.2, 0.25) is 0 Å². The summed E-state index contributed by atoms with van der Waals surface area (Å²) in [7, 11) is 3.99. The van der Waals surface area contributed by atoms with Gasteiger partial charge in [-0.2, -0.15) is 0 Å². The van der Waals surface area contributed by atoms with E-state index in [2.05, 4.69) is 33.2 Å². The van der Waals surface area contributed by atoms with E-state index >= 15 is 0 Å². The molecule has 0 spiro atoms. The fourth-order valence-electron chi connectivity index (χ4n) is 1.77. The van der Waals surface area contributed by atoms with Crippen LogP contribution in [0, 0.1) is 6.92 Å². The Morgan fingerprint density at radius 3 is 2.80 bits per heavy atom. The standard InChI is InChI=1S/C11H15N3S/c1-8-9(4-7-15-8)10(12-2)11-13-5-6-14(11)3/h4-7,10,12H,1-3H3. The lowest BCUT2D eigenvalue weighted by atomic mass is 10.1. The SMILES string of the molecule is CNC(c1ccsc1C)c1nccn1C. The lowest BCUT2D eigenvalue weighted by molar-refractivity contribution is 0.617. The number of aromatic nitrogens is 2. The predicted octanol–water partition coefficient (Wildman–Crippen LogP) is 2.10. The molecule has 0 aliphatic carbocycles. The van der Waals surface area contributed by atoms with Gasteiger partial charge >= 0.3 is 0 Å². The first-order valence-corrected chi connectivity index (χ1v) is 5.80. The fourth-order valence-corrected chi connectivity index (χ4v) is 2.51. The zero-order valence-electron chi connectivity index (χ0n) is 9.19. The molecule has 3 nitrogen and oxygen atoms in total. The molecule has 2 heterocycles. The Morgan fingerprint density at radius 1 is 1.53 bits per heavy atom. The van der Waals surface area contributed by atoms with Crippen molar-refractivity contribution in [3.63, 3.8) is 0 Å². The smallest absolute Gasteiger partial charge is 0.130 e. The summed E-state index contributed by atoms with van der Waals surface area (Å²) in [6.45, 7) is 2.15. The van der Waals surface area contributed by atoms with Crippen molar-refractivity contribution in [1.29, 1.82) is 0 Å². The summed E-state index contributed by atoms with van der Waals surface area (Å²) in [5.74, 6) is 1.05. The molecule has 80 valence electrons. The van der Waals surface area contributed by atoms with E-state index in [4.69, 9.17) is 0 Å². The summed E-state index contributed by atoms with van der Waals surface area (Å²) in [5.41, 5.74) is 1.32. The van der Waals surface area contributed by atoms with E-state index < -0.39 is 0 Å². The largest absolute Gasteiger partial charge is 0.336 e. The van der Waals surface area contributed by atoms with Crippen molar-refractivity contribution in [2.75, 3.05) is 7.05 Å². The maximum Gasteiger partial charge on any atom is 0.130 e. The number of thiophene rings is 1.